The number of ether oxygens (including phenoxy) is 1. The van der Waals surface area contributed by atoms with Crippen molar-refractivity contribution in [1.82, 2.24) is 23.8 Å². The van der Waals surface area contributed by atoms with E-state index in [1.807, 2.05) is 29.8 Å². The molecule has 3 aromatic heterocycles. The number of nitrogens with zero attached hydrogens (tertiary/aromatic N) is 5. The number of hydrogen-bond donors (Lipinski definition) is 3. The lowest BCUT2D eigenvalue weighted by Crippen LogP contribution is -2.46. The fourth-order valence-corrected chi connectivity index (χ4v) is 5.47. The monoisotopic (exact) mass is 470 g/mol. The molecular weight excluding hydrogens is 440 g/mol. The first kappa shape index (κ1) is 22.1. The van der Waals surface area contributed by atoms with E-state index in [2.05, 4.69) is 24.9 Å². The zero-order valence-corrected chi connectivity index (χ0v) is 19.6. The highest BCUT2D eigenvalue weighted by Crippen LogP contribution is 2.30. The summed E-state index contributed by atoms with van der Waals surface area (Å²) in [5.41, 5.74) is 7.99. The Morgan fingerprint density at radius 3 is 2.73 bits per heavy atom. The quantitative estimate of drug-likeness (QED) is 0.481. The largest absolute Gasteiger partial charge is 0.379 e. The van der Waals surface area contributed by atoms with E-state index in [0.29, 0.717) is 18.0 Å². The summed E-state index contributed by atoms with van der Waals surface area (Å²) in [5.74, 6) is 0.837. The van der Waals surface area contributed by atoms with Crippen LogP contribution in [0.4, 0.5) is 16.8 Å². The smallest absolute Gasteiger partial charge is 0.237 e. The molecule has 0 atom stereocenters. The van der Waals surface area contributed by atoms with Crippen LogP contribution in [-0.2, 0) is 16.1 Å². The standard InChI is InChI=1S/C22H30N8O2S/c1-14-12-19(33-28-14)26-22-25-17-6-7-30(13-18(23)31)20(17)21(27-22)24-15-2-4-16(5-3-15)29-8-10-32-11-9-29/h6-7,12,15-16H,2-5,8-11,13H2,1H3,(H2,23,31)(H2,24,25,26,27)/t15-,16-. The van der Waals surface area contributed by atoms with Gasteiger partial charge >= 0.3 is 0 Å². The molecule has 1 saturated carbocycles. The van der Waals surface area contributed by atoms with E-state index in [4.69, 9.17) is 15.5 Å². The van der Waals surface area contributed by atoms with E-state index in [-0.39, 0.29) is 6.54 Å². The third-order valence-corrected chi connectivity index (χ3v) is 7.20. The number of amides is 1. The SMILES string of the molecule is Cc1cc(Nc2nc(N[C@H]3CC[C@H](N4CCOCC4)CC3)c3c(ccn3CC(N)=O)n2)sn1. The van der Waals surface area contributed by atoms with Crippen molar-refractivity contribution in [2.45, 2.75) is 51.2 Å². The van der Waals surface area contributed by atoms with Gasteiger partial charge in [-0.3, -0.25) is 9.69 Å². The zero-order chi connectivity index (χ0) is 22.8. The molecule has 0 unspecified atom stereocenters. The molecule has 176 valence electrons. The number of morpholine rings is 1. The van der Waals surface area contributed by atoms with Gasteiger partial charge in [0.2, 0.25) is 11.9 Å². The number of nitrogens with two attached hydrogens (primary N) is 1. The van der Waals surface area contributed by atoms with Crippen LogP contribution in [0.5, 0.6) is 0 Å². The fourth-order valence-electron chi connectivity index (χ4n) is 4.82. The van der Waals surface area contributed by atoms with Crippen molar-refractivity contribution in [2.24, 2.45) is 5.73 Å². The minimum Gasteiger partial charge on any atom is -0.379 e. The molecule has 0 aromatic carbocycles. The number of aryl methyl sites for hydroxylation is 1. The van der Waals surface area contributed by atoms with Crippen LogP contribution in [-0.4, -0.2) is 68.1 Å². The Bertz CT molecular complexity index is 1110. The number of carbonyl (C=O) groups is 1. The molecule has 11 heteroatoms. The van der Waals surface area contributed by atoms with Crippen molar-refractivity contribution < 1.29 is 9.53 Å². The molecule has 3 aromatic rings. The van der Waals surface area contributed by atoms with Crippen LogP contribution in [0.1, 0.15) is 31.4 Å². The van der Waals surface area contributed by atoms with E-state index < -0.39 is 5.91 Å². The average molecular weight is 471 g/mol. The van der Waals surface area contributed by atoms with E-state index in [1.54, 1.807) is 0 Å². The molecule has 1 amide bonds. The van der Waals surface area contributed by atoms with Crippen LogP contribution < -0.4 is 16.4 Å². The van der Waals surface area contributed by atoms with Crippen LogP contribution in [0.2, 0.25) is 0 Å². The first-order valence-corrected chi connectivity index (χ1v) is 12.3. The minimum absolute atomic E-state index is 0.0894. The summed E-state index contributed by atoms with van der Waals surface area (Å²) in [6, 6.07) is 4.80. The highest BCUT2D eigenvalue weighted by atomic mass is 32.1. The second-order valence-corrected chi connectivity index (χ2v) is 9.60. The van der Waals surface area contributed by atoms with Gasteiger partial charge in [-0.1, -0.05) is 0 Å². The predicted molar refractivity (Wildman–Crippen MR) is 129 cm³/mol. The number of nitrogens with one attached hydrogen (secondary N) is 2. The Labute approximate surface area is 196 Å². The van der Waals surface area contributed by atoms with Crippen LogP contribution in [0, 0.1) is 6.92 Å². The number of anilines is 3. The van der Waals surface area contributed by atoms with Crippen LogP contribution >= 0.6 is 11.5 Å². The fraction of sp³-hybridized carbons (Fsp3) is 0.545. The number of carbonyl (C=O) groups excluding carboxylic acids is 1. The van der Waals surface area contributed by atoms with E-state index in [1.165, 1.54) is 11.5 Å². The second kappa shape index (κ2) is 9.62. The average Bonchev–Trinajstić information content (AvgIpc) is 3.40. The molecule has 5 rings (SSSR count). The molecule has 2 fully saturated rings. The summed E-state index contributed by atoms with van der Waals surface area (Å²) in [7, 11) is 0. The van der Waals surface area contributed by atoms with Crippen molar-refractivity contribution in [3.05, 3.63) is 24.0 Å². The molecule has 4 N–H and O–H groups in total. The highest BCUT2D eigenvalue weighted by molar-refractivity contribution is 7.10. The van der Waals surface area contributed by atoms with Crippen molar-refractivity contribution in [3.63, 3.8) is 0 Å². The maximum absolute atomic E-state index is 11.6. The number of rotatable bonds is 7. The van der Waals surface area contributed by atoms with E-state index in [9.17, 15) is 4.79 Å². The molecule has 0 spiro atoms. The molecule has 0 bridgehead atoms. The van der Waals surface area contributed by atoms with Crippen molar-refractivity contribution >= 4 is 45.2 Å². The minimum atomic E-state index is -0.396. The maximum atomic E-state index is 11.6. The number of hydrogen-bond acceptors (Lipinski definition) is 9. The Hall–Kier alpha value is -2.76. The van der Waals surface area contributed by atoms with Gasteiger partial charge in [-0.15, -0.1) is 0 Å². The van der Waals surface area contributed by atoms with Crippen molar-refractivity contribution in [1.29, 1.82) is 0 Å². The second-order valence-electron chi connectivity index (χ2n) is 8.80. The predicted octanol–water partition coefficient (Wildman–Crippen LogP) is 2.48. The normalized spacial score (nSPS) is 21.8. The number of primary amides is 1. The lowest BCUT2D eigenvalue weighted by atomic mass is 9.90. The molecule has 0 radical (unpaired) electrons. The van der Waals surface area contributed by atoms with Gasteiger partial charge in [0.05, 0.1) is 24.4 Å². The molecular formula is C22H30N8O2S. The van der Waals surface area contributed by atoms with Gasteiger partial charge in [-0.2, -0.15) is 9.36 Å². The third kappa shape index (κ3) is 5.10. The Balaban J connectivity index is 1.36. The van der Waals surface area contributed by atoms with E-state index in [0.717, 1.165) is 79.5 Å². The van der Waals surface area contributed by atoms with Gasteiger partial charge in [-0.25, -0.2) is 4.98 Å². The van der Waals surface area contributed by atoms with Gasteiger partial charge in [0.1, 0.15) is 17.1 Å². The summed E-state index contributed by atoms with van der Waals surface area (Å²) in [6.45, 7) is 5.78. The summed E-state index contributed by atoms with van der Waals surface area (Å²) >= 11 is 1.38. The van der Waals surface area contributed by atoms with Gasteiger partial charge in [0, 0.05) is 31.4 Å². The molecule has 1 saturated heterocycles. The molecule has 1 aliphatic carbocycles. The van der Waals surface area contributed by atoms with Crippen molar-refractivity contribution in [2.75, 3.05) is 36.9 Å². The van der Waals surface area contributed by atoms with Gasteiger partial charge in [0.15, 0.2) is 5.82 Å². The first-order valence-electron chi connectivity index (χ1n) is 11.5. The van der Waals surface area contributed by atoms with E-state index >= 15 is 0 Å². The molecule has 2 aliphatic rings. The lowest BCUT2D eigenvalue weighted by Gasteiger charge is -2.39. The summed E-state index contributed by atoms with van der Waals surface area (Å²) in [5, 5.41) is 7.82. The van der Waals surface area contributed by atoms with Gasteiger partial charge in [-0.05, 0) is 56.3 Å². The van der Waals surface area contributed by atoms with Gasteiger partial charge in [0.25, 0.3) is 0 Å². The maximum Gasteiger partial charge on any atom is 0.237 e. The van der Waals surface area contributed by atoms with Crippen LogP contribution in [0.25, 0.3) is 11.0 Å². The summed E-state index contributed by atoms with van der Waals surface area (Å²) in [4.78, 5) is 23.6. The molecule has 10 nitrogen and oxygen atoms in total. The summed E-state index contributed by atoms with van der Waals surface area (Å²) in [6.07, 6.45) is 6.28. The topological polar surface area (TPSA) is 123 Å². The van der Waals surface area contributed by atoms with Gasteiger partial charge < -0.3 is 25.7 Å². The zero-order valence-electron chi connectivity index (χ0n) is 18.8. The van der Waals surface area contributed by atoms with Crippen LogP contribution in [0.15, 0.2) is 18.3 Å². The van der Waals surface area contributed by atoms with Crippen LogP contribution in [0.3, 0.4) is 0 Å². The Morgan fingerprint density at radius 1 is 1.24 bits per heavy atom. The number of fused-ring (bicyclic) bond motifs is 1. The summed E-state index contributed by atoms with van der Waals surface area (Å²) < 4.78 is 11.6. The Kier molecular flexibility index (Phi) is 6.43. The third-order valence-electron chi connectivity index (χ3n) is 6.40. The molecule has 33 heavy (non-hydrogen) atoms. The first-order chi connectivity index (χ1) is 16.0. The Morgan fingerprint density at radius 2 is 2.03 bits per heavy atom. The lowest BCUT2D eigenvalue weighted by molar-refractivity contribution is -0.118. The highest BCUT2D eigenvalue weighted by Gasteiger charge is 2.28. The van der Waals surface area contributed by atoms with Crippen molar-refractivity contribution in [3.8, 4) is 0 Å². The number of aromatic nitrogens is 4. The molecule has 4 heterocycles. The molecule has 1 aliphatic heterocycles.